The van der Waals surface area contributed by atoms with Crippen molar-refractivity contribution in [2.75, 3.05) is 0 Å². The number of hydrogen-bond donors (Lipinski definition) is 1. The maximum absolute atomic E-state index is 3.72. The monoisotopic (exact) mass is 153 g/mol. The van der Waals surface area contributed by atoms with Gasteiger partial charge in [-0.2, -0.15) is 0 Å². The van der Waals surface area contributed by atoms with Gasteiger partial charge < -0.3 is 5.32 Å². The van der Waals surface area contributed by atoms with E-state index in [0.717, 1.165) is 12.1 Å². The van der Waals surface area contributed by atoms with Crippen LogP contribution in [0.2, 0.25) is 0 Å². The van der Waals surface area contributed by atoms with Crippen LogP contribution in [0.4, 0.5) is 0 Å². The fourth-order valence-corrected chi connectivity index (χ4v) is 1.76. The molecule has 1 heteroatoms. The summed E-state index contributed by atoms with van der Waals surface area (Å²) in [7, 11) is 0. The smallest absolute Gasteiger partial charge is 0.00702 e. The van der Waals surface area contributed by atoms with Crippen LogP contribution < -0.4 is 5.32 Å². The van der Waals surface area contributed by atoms with Crippen LogP contribution in [0.25, 0.3) is 0 Å². The topological polar surface area (TPSA) is 12.0 Å². The van der Waals surface area contributed by atoms with Crippen LogP contribution in [0.3, 0.4) is 0 Å². The second kappa shape index (κ2) is 4.55. The molecule has 1 aliphatic rings. The molecule has 64 valence electrons. The first-order valence-corrected chi connectivity index (χ1v) is 4.70. The predicted octanol–water partition coefficient (Wildman–Crippen LogP) is 2.48. The molecule has 0 aromatic carbocycles. The van der Waals surface area contributed by atoms with Gasteiger partial charge in [0.25, 0.3) is 0 Å². The van der Waals surface area contributed by atoms with E-state index in [1.165, 1.54) is 32.1 Å². The van der Waals surface area contributed by atoms with Crippen LogP contribution in [0.15, 0.2) is 12.7 Å². The van der Waals surface area contributed by atoms with E-state index in [0.29, 0.717) is 0 Å². The molecule has 0 spiro atoms. The van der Waals surface area contributed by atoms with E-state index in [1.807, 2.05) is 6.08 Å². The molecule has 2 atom stereocenters. The van der Waals surface area contributed by atoms with Crippen LogP contribution in [-0.4, -0.2) is 12.1 Å². The second-order valence-electron chi connectivity index (χ2n) is 3.56. The van der Waals surface area contributed by atoms with Gasteiger partial charge in [-0.25, -0.2) is 0 Å². The van der Waals surface area contributed by atoms with E-state index in [-0.39, 0.29) is 0 Å². The molecule has 1 N–H and O–H groups in total. The van der Waals surface area contributed by atoms with Gasteiger partial charge in [0.1, 0.15) is 0 Å². The maximum atomic E-state index is 3.72. The first-order valence-electron chi connectivity index (χ1n) is 4.70. The van der Waals surface area contributed by atoms with Gasteiger partial charge in [-0.15, -0.1) is 6.58 Å². The van der Waals surface area contributed by atoms with Crippen molar-refractivity contribution in [1.82, 2.24) is 5.32 Å². The van der Waals surface area contributed by atoms with Crippen molar-refractivity contribution < 1.29 is 0 Å². The lowest BCUT2D eigenvalue weighted by molar-refractivity contribution is 0.512. The van der Waals surface area contributed by atoms with E-state index >= 15 is 0 Å². The molecule has 0 aromatic heterocycles. The lowest BCUT2D eigenvalue weighted by Crippen LogP contribution is -2.26. The highest BCUT2D eigenvalue weighted by Gasteiger charge is 2.18. The highest BCUT2D eigenvalue weighted by molar-refractivity contribution is 4.81. The van der Waals surface area contributed by atoms with Gasteiger partial charge in [0.15, 0.2) is 0 Å². The molecule has 0 aromatic rings. The zero-order chi connectivity index (χ0) is 8.10. The van der Waals surface area contributed by atoms with Crippen molar-refractivity contribution in [3.05, 3.63) is 12.7 Å². The van der Waals surface area contributed by atoms with Crippen molar-refractivity contribution in [1.29, 1.82) is 0 Å². The van der Waals surface area contributed by atoms with E-state index in [1.54, 1.807) is 0 Å². The Morgan fingerprint density at radius 1 is 1.55 bits per heavy atom. The summed E-state index contributed by atoms with van der Waals surface area (Å²) < 4.78 is 0. The molecule has 0 bridgehead atoms. The first-order chi connectivity index (χ1) is 5.33. The Morgan fingerprint density at radius 2 is 2.36 bits per heavy atom. The summed E-state index contributed by atoms with van der Waals surface area (Å²) >= 11 is 0. The van der Waals surface area contributed by atoms with Gasteiger partial charge >= 0.3 is 0 Å². The summed E-state index contributed by atoms with van der Waals surface area (Å²) in [5.74, 6) is 0. The highest BCUT2D eigenvalue weighted by Crippen LogP contribution is 2.16. The Labute approximate surface area is 69.9 Å². The molecule has 1 fully saturated rings. The minimum Gasteiger partial charge on any atom is -0.312 e. The molecule has 0 unspecified atom stereocenters. The van der Waals surface area contributed by atoms with Crippen LogP contribution >= 0.6 is 0 Å². The van der Waals surface area contributed by atoms with Crippen LogP contribution in [0.1, 0.15) is 39.0 Å². The molecule has 1 aliphatic heterocycles. The van der Waals surface area contributed by atoms with Crippen molar-refractivity contribution in [3.8, 4) is 0 Å². The van der Waals surface area contributed by atoms with Crippen LogP contribution in [0, 0.1) is 0 Å². The van der Waals surface area contributed by atoms with Crippen molar-refractivity contribution in [2.24, 2.45) is 0 Å². The third kappa shape index (κ3) is 3.06. The van der Waals surface area contributed by atoms with Crippen LogP contribution in [-0.2, 0) is 0 Å². The minimum atomic E-state index is 0.753. The SMILES string of the molecule is C=CCCC[C@H]1CC[C@H](C)N1. The fourth-order valence-electron chi connectivity index (χ4n) is 1.76. The van der Waals surface area contributed by atoms with Gasteiger partial charge in [-0.3, -0.25) is 0 Å². The Balaban J connectivity index is 2.03. The third-order valence-corrected chi connectivity index (χ3v) is 2.43. The summed E-state index contributed by atoms with van der Waals surface area (Å²) in [5.41, 5.74) is 0. The van der Waals surface area contributed by atoms with Gasteiger partial charge in [0.05, 0.1) is 0 Å². The van der Waals surface area contributed by atoms with Gasteiger partial charge in [0.2, 0.25) is 0 Å². The molecule has 1 saturated heterocycles. The Bertz CT molecular complexity index is 120. The number of allylic oxidation sites excluding steroid dienone is 1. The number of unbranched alkanes of at least 4 members (excludes halogenated alkanes) is 1. The minimum absolute atomic E-state index is 0.753. The Kier molecular flexibility index (Phi) is 3.64. The lowest BCUT2D eigenvalue weighted by atomic mass is 10.1. The zero-order valence-electron chi connectivity index (χ0n) is 7.47. The number of hydrogen-bond acceptors (Lipinski definition) is 1. The summed E-state index contributed by atoms with van der Waals surface area (Å²) in [6, 6.07) is 1.55. The van der Waals surface area contributed by atoms with E-state index < -0.39 is 0 Å². The molecule has 0 radical (unpaired) electrons. The quantitative estimate of drug-likeness (QED) is 0.483. The molecule has 0 amide bonds. The van der Waals surface area contributed by atoms with Crippen molar-refractivity contribution in [2.45, 2.75) is 51.1 Å². The predicted molar refractivity (Wildman–Crippen MR) is 49.7 cm³/mol. The maximum Gasteiger partial charge on any atom is 0.00702 e. The molecule has 1 rings (SSSR count). The molecular weight excluding hydrogens is 134 g/mol. The first kappa shape index (κ1) is 8.79. The summed E-state index contributed by atoms with van der Waals surface area (Å²) in [6.07, 6.45) is 8.55. The molecule has 1 nitrogen and oxygen atoms in total. The van der Waals surface area contributed by atoms with Crippen LogP contribution in [0.5, 0.6) is 0 Å². The zero-order valence-corrected chi connectivity index (χ0v) is 7.47. The molecule has 11 heavy (non-hydrogen) atoms. The Morgan fingerprint density at radius 3 is 2.91 bits per heavy atom. The second-order valence-corrected chi connectivity index (χ2v) is 3.56. The Hall–Kier alpha value is -0.300. The summed E-state index contributed by atoms with van der Waals surface area (Å²) in [5, 5.41) is 3.58. The van der Waals surface area contributed by atoms with Crippen molar-refractivity contribution in [3.63, 3.8) is 0 Å². The highest BCUT2D eigenvalue weighted by atomic mass is 15.0. The molecular formula is C10H19N. The van der Waals surface area contributed by atoms with Gasteiger partial charge in [-0.05, 0) is 39.0 Å². The number of rotatable bonds is 4. The summed E-state index contributed by atoms with van der Waals surface area (Å²) in [6.45, 7) is 5.99. The standard InChI is InChI=1S/C10H19N/c1-3-4-5-6-10-8-7-9(2)11-10/h3,9-11H,1,4-8H2,2H3/t9-,10-/m0/s1. The average Bonchev–Trinajstić information content (AvgIpc) is 2.37. The number of nitrogens with one attached hydrogen (secondary N) is 1. The van der Waals surface area contributed by atoms with Gasteiger partial charge in [-0.1, -0.05) is 6.08 Å². The lowest BCUT2D eigenvalue weighted by Gasteiger charge is -2.09. The average molecular weight is 153 g/mol. The molecule has 0 aliphatic carbocycles. The van der Waals surface area contributed by atoms with E-state index in [2.05, 4.69) is 18.8 Å². The largest absolute Gasteiger partial charge is 0.312 e. The molecule has 1 heterocycles. The van der Waals surface area contributed by atoms with E-state index in [4.69, 9.17) is 0 Å². The van der Waals surface area contributed by atoms with Crippen molar-refractivity contribution >= 4 is 0 Å². The van der Waals surface area contributed by atoms with Gasteiger partial charge in [0, 0.05) is 12.1 Å². The molecule has 0 saturated carbocycles. The summed E-state index contributed by atoms with van der Waals surface area (Å²) in [4.78, 5) is 0. The fraction of sp³-hybridized carbons (Fsp3) is 0.800. The van der Waals surface area contributed by atoms with E-state index in [9.17, 15) is 0 Å². The normalized spacial score (nSPS) is 30.6. The third-order valence-electron chi connectivity index (χ3n) is 2.43.